The average Bonchev–Trinajstić information content (AvgIpc) is 2.87. The van der Waals surface area contributed by atoms with E-state index in [2.05, 4.69) is 15.2 Å². The summed E-state index contributed by atoms with van der Waals surface area (Å²) in [7, 11) is 1.87. The van der Waals surface area contributed by atoms with E-state index >= 15 is 0 Å². The van der Waals surface area contributed by atoms with E-state index in [9.17, 15) is 0 Å². The number of hydrogen-bond donors (Lipinski definition) is 1. The molecule has 0 fully saturated rings. The van der Waals surface area contributed by atoms with Crippen molar-refractivity contribution >= 4 is 0 Å². The molecule has 0 amide bonds. The summed E-state index contributed by atoms with van der Waals surface area (Å²) in [4.78, 5) is 4.22. The molecule has 6 nitrogen and oxygen atoms in total. The second-order valence-corrected chi connectivity index (χ2v) is 3.69. The molecular formula is C10H15N5O. The van der Waals surface area contributed by atoms with Crippen molar-refractivity contribution in [2.24, 2.45) is 12.8 Å². The van der Waals surface area contributed by atoms with Crippen molar-refractivity contribution in [1.82, 2.24) is 19.9 Å². The molecule has 0 aliphatic carbocycles. The first-order valence-corrected chi connectivity index (χ1v) is 5.20. The highest BCUT2D eigenvalue weighted by Crippen LogP contribution is 2.19. The van der Waals surface area contributed by atoms with Gasteiger partial charge in [-0.25, -0.2) is 0 Å². The number of aromatic nitrogens is 4. The third-order valence-electron chi connectivity index (χ3n) is 2.67. The number of rotatable bonds is 3. The predicted molar refractivity (Wildman–Crippen MR) is 57.7 cm³/mol. The van der Waals surface area contributed by atoms with Crippen LogP contribution in [0.5, 0.6) is 0 Å². The van der Waals surface area contributed by atoms with Crippen molar-refractivity contribution < 1.29 is 4.52 Å². The van der Waals surface area contributed by atoms with Gasteiger partial charge in [0.05, 0.1) is 12.2 Å². The van der Waals surface area contributed by atoms with Crippen molar-refractivity contribution in [2.75, 3.05) is 0 Å². The fraction of sp³-hybridized carbons (Fsp3) is 0.500. The molecule has 0 radical (unpaired) electrons. The van der Waals surface area contributed by atoms with Crippen molar-refractivity contribution in [2.45, 2.75) is 26.3 Å². The normalized spacial score (nSPS) is 13.0. The quantitative estimate of drug-likeness (QED) is 0.825. The number of nitrogens with two attached hydrogens (primary N) is 1. The van der Waals surface area contributed by atoms with Gasteiger partial charge in [-0.3, -0.25) is 4.68 Å². The molecule has 0 aliphatic heterocycles. The molecule has 0 aliphatic rings. The van der Waals surface area contributed by atoms with Crippen LogP contribution in [0, 0.1) is 6.92 Å². The van der Waals surface area contributed by atoms with Crippen LogP contribution in [0.15, 0.2) is 10.7 Å². The molecule has 0 aromatic carbocycles. The molecule has 0 spiro atoms. The second kappa shape index (κ2) is 4.05. The SMILES string of the molecule is CCc1nc(C(N)c2cnn(C)c2C)no1. The van der Waals surface area contributed by atoms with Crippen LogP contribution in [-0.4, -0.2) is 19.9 Å². The highest BCUT2D eigenvalue weighted by molar-refractivity contribution is 5.25. The minimum absolute atomic E-state index is 0.377. The Morgan fingerprint density at radius 1 is 1.56 bits per heavy atom. The molecule has 86 valence electrons. The maximum atomic E-state index is 6.06. The summed E-state index contributed by atoms with van der Waals surface area (Å²) in [6.45, 7) is 3.92. The monoisotopic (exact) mass is 221 g/mol. The predicted octanol–water partition coefficient (Wildman–Crippen LogP) is 0.722. The molecule has 1 unspecified atom stereocenters. The van der Waals surface area contributed by atoms with Gasteiger partial charge in [0.25, 0.3) is 0 Å². The molecule has 2 aromatic heterocycles. The molecule has 1 atom stereocenters. The Hall–Kier alpha value is -1.69. The standard InChI is InChI=1S/C10H15N5O/c1-4-8-13-10(14-16-8)9(11)7-5-12-15(3)6(7)2/h5,9H,4,11H2,1-3H3. The summed E-state index contributed by atoms with van der Waals surface area (Å²) >= 11 is 0. The summed E-state index contributed by atoms with van der Waals surface area (Å²) < 4.78 is 6.81. The third kappa shape index (κ3) is 1.71. The second-order valence-electron chi connectivity index (χ2n) is 3.69. The van der Waals surface area contributed by atoms with E-state index in [0.717, 1.165) is 11.3 Å². The highest BCUT2D eigenvalue weighted by Gasteiger charge is 2.19. The Balaban J connectivity index is 2.31. The van der Waals surface area contributed by atoms with Crippen LogP contribution < -0.4 is 5.73 Å². The van der Waals surface area contributed by atoms with Crippen molar-refractivity contribution in [3.8, 4) is 0 Å². The fourth-order valence-electron chi connectivity index (χ4n) is 1.50. The first kappa shape index (κ1) is 10.8. The first-order valence-electron chi connectivity index (χ1n) is 5.20. The van der Waals surface area contributed by atoms with Gasteiger partial charge in [-0.1, -0.05) is 12.1 Å². The lowest BCUT2D eigenvalue weighted by molar-refractivity contribution is 0.375. The molecule has 0 bridgehead atoms. The molecule has 6 heteroatoms. The summed E-state index contributed by atoms with van der Waals surface area (Å²) in [6.07, 6.45) is 2.45. The highest BCUT2D eigenvalue weighted by atomic mass is 16.5. The molecule has 2 N–H and O–H groups in total. The Morgan fingerprint density at radius 2 is 2.31 bits per heavy atom. The van der Waals surface area contributed by atoms with Crippen molar-refractivity contribution in [3.63, 3.8) is 0 Å². The summed E-state index contributed by atoms with van der Waals surface area (Å²) in [5, 5.41) is 8.01. The van der Waals surface area contributed by atoms with Crippen LogP contribution in [0.3, 0.4) is 0 Å². The Kier molecular flexibility index (Phi) is 2.74. The van der Waals surface area contributed by atoms with E-state index in [1.807, 2.05) is 20.9 Å². The first-order chi connectivity index (χ1) is 7.63. The molecule has 2 rings (SSSR count). The van der Waals surface area contributed by atoms with E-state index < -0.39 is 0 Å². The average molecular weight is 221 g/mol. The lowest BCUT2D eigenvalue weighted by Crippen LogP contribution is -2.14. The minimum atomic E-state index is -0.377. The molecule has 0 saturated heterocycles. The fourth-order valence-corrected chi connectivity index (χ4v) is 1.50. The topological polar surface area (TPSA) is 82.8 Å². The zero-order chi connectivity index (χ0) is 11.7. The minimum Gasteiger partial charge on any atom is -0.339 e. The van der Waals surface area contributed by atoms with Crippen LogP contribution in [0.25, 0.3) is 0 Å². The maximum Gasteiger partial charge on any atom is 0.226 e. The van der Waals surface area contributed by atoms with Gasteiger partial charge in [-0.2, -0.15) is 10.1 Å². The molecule has 16 heavy (non-hydrogen) atoms. The van der Waals surface area contributed by atoms with Crippen LogP contribution in [0.2, 0.25) is 0 Å². The van der Waals surface area contributed by atoms with Gasteiger partial charge in [-0.15, -0.1) is 0 Å². The Labute approximate surface area is 93.4 Å². The largest absolute Gasteiger partial charge is 0.339 e. The van der Waals surface area contributed by atoms with Gasteiger partial charge in [0.15, 0.2) is 5.82 Å². The van der Waals surface area contributed by atoms with E-state index in [1.54, 1.807) is 10.9 Å². The summed E-state index contributed by atoms with van der Waals surface area (Å²) in [5.41, 5.74) is 7.99. The Bertz CT molecular complexity index is 487. The summed E-state index contributed by atoms with van der Waals surface area (Å²) in [5.74, 6) is 1.11. The maximum absolute atomic E-state index is 6.06. The zero-order valence-corrected chi connectivity index (χ0v) is 9.64. The van der Waals surface area contributed by atoms with Crippen molar-refractivity contribution in [1.29, 1.82) is 0 Å². The van der Waals surface area contributed by atoms with Gasteiger partial charge < -0.3 is 10.3 Å². The van der Waals surface area contributed by atoms with Gasteiger partial charge >= 0.3 is 0 Å². The van der Waals surface area contributed by atoms with Crippen LogP contribution in [-0.2, 0) is 13.5 Å². The number of nitrogens with zero attached hydrogens (tertiary/aromatic N) is 4. The Morgan fingerprint density at radius 3 is 2.81 bits per heavy atom. The van der Waals surface area contributed by atoms with E-state index in [4.69, 9.17) is 10.3 Å². The molecule has 2 aromatic rings. The van der Waals surface area contributed by atoms with Gasteiger partial charge in [0, 0.05) is 24.7 Å². The zero-order valence-electron chi connectivity index (χ0n) is 9.64. The van der Waals surface area contributed by atoms with Gasteiger partial charge in [0.1, 0.15) is 0 Å². The van der Waals surface area contributed by atoms with Crippen LogP contribution >= 0.6 is 0 Å². The number of hydrogen-bond acceptors (Lipinski definition) is 5. The lowest BCUT2D eigenvalue weighted by atomic mass is 10.1. The van der Waals surface area contributed by atoms with Crippen molar-refractivity contribution in [3.05, 3.63) is 29.2 Å². The third-order valence-corrected chi connectivity index (χ3v) is 2.67. The molecular weight excluding hydrogens is 206 g/mol. The summed E-state index contributed by atoms with van der Waals surface area (Å²) in [6, 6.07) is -0.377. The van der Waals surface area contributed by atoms with Crippen LogP contribution in [0.1, 0.15) is 35.9 Å². The lowest BCUT2D eigenvalue weighted by Gasteiger charge is -2.05. The van der Waals surface area contributed by atoms with Crippen LogP contribution in [0.4, 0.5) is 0 Å². The molecule has 2 heterocycles. The van der Waals surface area contributed by atoms with E-state index in [0.29, 0.717) is 18.1 Å². The van der Waals surface area contributed by atoms with Gasteiger partial charge in [0.2, 0.25) is 5.89 Å². The molecule has 0 saturated carbocycles. The van der Waals surface area contributed by atoms with E-state index in [1.165, 1.54) is 0 Å². The van der Waals surface area contributed by atoms with E-state index in [-0.39, 0.29) is 6.04 Å². The van der Waals surface area contributed by atoms with Gasteiger partial charge in [-0.05, 0) is 6.92 Å². The number of aryl methyl sites for hydroxylation is 2. The smallest absolute Gasteiger partial charge is 0.226 e.